The van der Waals surface area contributed by atoms with E-state index < -0.39 is 5.97 Å². The van der Waals surface area contributed by atoms with Crippen LogP contribution in [0.1, 0.15) is 13.0 Å². The zero-order valence-electron chi connectivity index (χ0n) is 20.0. The Kier molecular flexibility index (Phi) is 6.42. The van der Waals surface area contributed by atoms with E-state index >= 15 is 0 Å². The number of nitrogens with two attached hydrogens (primary N) is 1. The van der Waals surface area contributed by atoms with Crippen molar-refractivity contribution in [2.45, 2.75) is 13.0 Å². The molecule has 1 fully saturated rings. The number of hydrogen-bond donors (Lipinski definition) is 1. The number of ether oxygens (including phenoxy) is 2. The molecule has 3 heterocycles. The summed E-state index contributed by atoms with van der Waals surface area (Å²) in [7, 11) is 0. The minimum absolute atomic E-state index is 0.162. The zero-order chi connectivity index (χ0) is 25.9. The van der Waals surface area contributed by atoms with Gasteiger partial charge in [0.1, 0.15) is 23.3 Å². The molecule has 0 unspecified atom stereocenters. The monoisotopic (exact) mass is 500 g/mol. The molecule has 11 heteroatoms. The lowest BCUT2D eigenvalue weighted by Gasteiger charge is -2.38. The third-order valence-corrected chi connectivity index (χ3v) is 5.94. The topological polar surface area (TPSA) is 135 Å². The van der Waals surface area contributed by atoms with Gasteiger partial charge in [-0.15, -0.1) is 0 Å². The predicted molar refractivity (Wildman–Crippen MR) is 135 cm³/mol. The molecule has 11 nitrogen and oxygen atoms in total. The normalized spacial score (nSPS) is 13.6. The van der Waals surface area contributed by atoms with E-state index in [1.165, 1.54) is 26.4 Å². The van der Waals surface area contributed by atoms with Gasteiger partial charge in [-0.25, -0.2) is 19.6 Å². The number of anilines is 1. The van der Waals surface area contributed by atoms with Crippen LogP contribution in [-0.4, -0.2) is 55.6 Å². The van der Waals surface area contributed by atoms with Gasteiger partial charge in [-0.2, -0.15) is 0 Å². The summed E-state index contributed by atoms with van der Waals surface area (Å²) in [6.45, 7) is 2.46. The number of amides is 1. The molecule has 1 aliphatic heterocycles. The number of nitrogens with zero attached hydrogens (tertiary/aromatic N) is 5. The third kappa shape index (κ3) is 4.66. The van der Waals surface area contributed by atoms with E-state index in [0.717, 1.165) is 6.08 Å². The van der Waals surface area contributed by atoms with E-state index in [1.807, 2.05) is 30.3 Å². The fraction of sp³-hybridized carbons (Fsp3) is 0.192. The molecule has 0 bridgehead atoms. The molecule has 0 aliphatic carbocycles. The van der Waals surface area contributed by atoms with Gasteiger partial charge in [0.05, 0.1) is 18.3 Å². The van der Waals surface area contributed by atoms with Crippen molar-refractivity contribution in [2.24, 2.45) is 0 Å². The fourth-order valence-electron chi connectivity index (χ4n) is 4.16. The van der Waals surface area contributed by atoms with E-state index in [9.17, 15) is 14.4 Å². The number of aromatic nitrogens is 4. The van der Waals surface area contributed by atoms with Crippen LogP contribution < -0.4 is 16.2 Å². The summed E-state index contributed by atoms with van der Waals surface area (Å²) in [6, 6.07) is 16.1. The quantitative estimate of drug-likeness (QED) is 0.302. The molecule has 5 rings (SSSR count). The Labute approximate surface area is 211 Å². The van der Waals surface area contributed by atoms with E-state index in [1.54, 1.807) is 31.2 Å². The molecular weight excluding hydrogens is 476 g/mol. The second-order valence-electron chi connectivity index (χ2n) is 8.31. The van der Waals surface area contributed by atoms with Gasteiger partial charge in [-0.3, -0.25) is 13.9 Å². The Morgan fingerprint density at radius 1 is 1.03 bits per heavy atom. The van der Waals surface area contributed by atoms with Crippen molar-refractivity contribution < 1.29 is 19.1 Å². The van der Waals surface area contributed by atoms with Crippen molar-refractivity contribution in [3.63, 3.8) is 0 Å². The molecule has 0 radical (unpaired) electrons. The Balaban J connectivity index is 1.41. The number of benzene rings is 2. The van der Waals surface area contributed by atoms with Gasteiger partial charge in [0.15, 0.2) is 11.5 Å². The van der Waals surface area contributed by atoms with Crippen LogP contribution in [-0.2, 0) is 14.3 Å². The number of rotatable bonds is 7. The van der Waals surface area contributed by atoms with E-state index in [4.69, 9.17) is 15.2 Å². The molecular formula is C26H24N6O5. The molecule has 0 saturated carbocycles. The maximum Gasteiger partial charge on any atom is 0.335 e. The van der Waals surface area contributed by atoms with E-state index in [-0.39, 0.29) is 43.2 Å². The molecule has 188 valence electrons. The van der Waals surface area contributed by atoms with Gasteiger partial charge >= 0.3 is 11.7 Å². The maximum absolute atomic E-state index is 13.6. The molecule has 2 aromatic carbocycles. The van der Waals surface area contributed by atoms with Crippen LogP contribution in [0.5, 0.6) is 11.5 Å². The van der Waals surface area contributed by atoms with E-state index in [0.29, 0.717) is 28.4 Å². The molecule has 0 spiro atoms. The van der Waals surface area contributed by atoms with Gasteiger partial charge < -0.3 is 20.1 Å². The van der Waals surface area contributed by atoms with Crippen molar-refractivity contribution in [3.8, 4) is 17.2 Å². The number of hydrogen-bond acceptors (Lipinski definition) is 8. The first-order valence-corrected chi connectivity index (χ1v) is 11.7. The molecule has 2 N–H and O–H groups in total. The second-order valence-corrected chi connectivity index (χ2v) is 8.31. The third-order valence-electron chi connectivity index (χ3n) is 5.94. The summed E-state index contributed by atoms with van der Waals surface area (Å²) < 4.78 is 13.6. The van der Waals surface area contributed by atoms with Crippen molar-refractivity contribution in [3.05, 3.63) is 83.6 Å². The number of carbonyl (C=O) groups excluding carboxylic acids is 2. The molecule has 0 atom stereocenters. The summed E-state index contributed by atoms with van der Waals surface area (Å²) in [5.74, 6) is 0.543. The first-order chi connectivity index (χ1) is 18.0. The van der Waals surface area contributed by atoms with Crippen LogP contribution in [0.3, 0.4) is 0 Å². The maximum atomic E-state index is 13.6. The van der Waals surface area contributed by atoms with Crippen LogP contribution in [0.25, 0.3) is 16.9 Å². The Bertz CT molecular complexity index is 1540. The first-order valence-electron chi connectivity index (χ1n) is 11.7. The van der Waals surface area contributed by atoms with Crippen LogP contribution in [0.2, 0.25) is 0 Å². The number of imidazole rings is 1. The lowest BCUT2D eigenvalue weighted by atomic mass is 10.1. The van der Waals surface area contributed by atoms with Gasteiger partial charge in [-0.1, -0.05) is 18.2 Å². The van der Waals surface area contributed by atoms with Crippen molar-refractivity contribution in [2.75, 3.05) is 25.4 Å². The predicted octanol–water partition coefficient (Wildman–Crippen LogP) is 2.46. The number of esters is 1. The molecule has 1 amide bonds. The number of fused-ring (bicyclic) bond motifs is 1. The lowest BCUT2D eigenvalue weighted by Crippen LogP contribution is -2.52. The second kappa shape index (κ2) is 9.97. The highest BCUT2D eigenvalue weighted by atomic mass is 16.5. The zero-order valence-corrected chi connectivity index (χ0v) is 20.0. The average Bonchev–Trinajstić information content (AvgIpc) is 3.16. The lowest BCUT2D eigenvalue weighted by molar-refractivity contribution is -0.138. The molecule has 2 aromatic heterocycles. The standard InChI is InChI=1S/C26H24N6O5/c1-2-36-22(34)13-12-21(33)30-14-18(15-30)32-25-23(24(27)28-16-29-25)31(26(32)35)17-8-10-20(11-9-17)37-19-6-4-3-5-7-19/h3-13,16,18H,2,14-15H2,1H3,(H2,27,28,29)/b13-12+. The highest BCUT2D eigenvalue weighted by Crippen LogP contribution is 2.28. The summed E-state index contributed by atoms with van der Waals surface area (Å²) in [5.41, 5.74) is 7.15. The smallest absolute Gasteiger partial charge is 0.335 e. The summed E-state index contributed by atoms with van der Waals surface area (Å²) in [6.07, 6.45) is 3.56. The highest BCUT2D eigenvalue weighted by Gasteiger charge is 2.35. The SMILES string of the molecule is CCOC(=O)/C=C/C(=O)N1CC(n2c(=O)n(-c3ccc(Oc4ccccc4)cc3)c3c(N)ncnc32)C1. The van der Waals surface area contributed by atoms with E-state index in [2.05, 4.69) is 9.97 Å². The van der Waals surface area contributed by atoms with Crippen molar-refractivity contribution in [1.29, 1.82) is 0 Å². The van der Waals surface area contributed by atoms with Crippen molar-refractivity contribution >= 4 is 28.9 Å². The highest BCUT2D eigenvalue weighted by molar-refractivity contribution is 5.95. The number of likely N-dealkylation sites (tertiary alicyclic amines) is 1. The summed E-state index contributed by atoms with van der Waals surface area (Å²) in [4.78, 5) is 47.4. The number of nitrogen functional groups attached to an aromatic ring is 1. The average molecular weight is 501 g/mol. The summed E-state index contributed by atoms with van der Waals surface area (Å²) in [5, 5.41) is 0. The Morgan fingerprint density at radius 2 is 1.73 bits per heavy atom. The van der Waals surface area contributed by atoms with Gasteiger partial charge in [0, 0.05) is 25.2 Å². The van der Waals surface area contributed by atoms with Crippen LogP contribution in [0.4, 0.5) is 5.82 Å². The number of para-hydroxylation sites is 1. The minimum Gasteiger partial charge on any atom is -0.463 e. The van der Waals surface area contributed by atoms with Gasteiger partial charge in [0.25, 0.3) is 0 Å². The van der Waals surface area contributed by atoms with Crippen LogP contribution in [0, 0.1) is 0 Å². The molecule has 1 aliphatic rings. The minimum atomic E-state index is -0.584. The van der Waals surface area contributed by atoms with Crippen LogP contribution in [0.15, 0.2) is 77.9 Å². The largest absolute Gasteiger partial charge is 0.463 e. The molecule has 1 saturated heterocycles. The Morgan fingerprint density at radius 3 is 2.43 bits per heavy atom. The number of carbonyl (C=O) groups is 2. The molecule has 4 aromatic rings. The molecule has 37 heavy (non-hydrogen) atoms. The first kappa shape index (κ1) is 23.8. The fourth-order valence-corrected chi connectivity index (χ4v) is 4.16. The summed E-state index contributed by atoms with van der Waals surface area (Å²) >= 11 is 0. The van der Waals surface area contributed by atoms with Gasteiger partial charge in [0.2, 0.25) is 5.91 Å². The van der Waals surface area contributed by atoms with Crippen LogP contribution >= 0.6 is 0 Å². The van der Waals surface area contributed by atoms with Gasteiger partial charge in [-0.05, 0) is 43.3 Å². The Hall–Kier alpha value is -4.93. The van der Waals surface area contributed by atoms with Crippen molar-refractivity contribution in [1.82, 2.24) is 24.0 Å².